The molecule has 0 aromatic heterocycles. The van der Waals surface area contributed by atoms with Crippen LogP contribution in [-0.4, -0.2) is 39.5 Å². The van der Waals surface area contributed by atoms with E-state index in [1.807, 2.05) is 12.1 Å². The zero-order chi connectivity index (χ0) is 18.2. The van der Waals surface area contributed by atoms with E-state index in [4.69, 9.17) is 4.74 Å². The van der Waals surface area contributed by atoms with Crippen molar-refractivity contribution >= 4 is 38.4 Å². The summed E-state index contributed by atoms with van der Waals surface area (Å²) in [5.41, 5.74) is 0.440. The number of rotatable bonds is 5. The summed E-state index contributed by atoms with van der Waals surface area (Å²) in [6, 6.07) is 10.2. The second-order valence-corrected chi connectivity index (χ2v) is 7.50. The molecular weight excluding hydrogens is 344 g/mol. The molecule has 0 radical (unpaired) electrons. The quantitative estimate of drug-likeness (QED) is 0.812. The summed E-state index contributed by atoms with van der Waals surface area (Å²) >= 11 is 0. The van der Waals surface area contributed by atoms with Crippen LogP contribution in [0.3, 0.4) is 0 Å². The SMILES string of the molecule is CCNC(=O)[C@@H](C)OC(=O)CN1c2cccc3cccc(c23)S1(=O)=O. The van der Waals surface area contributed by atoms with Crippen LogP contribution >= 0.6 is 0 Å². The van der Waals surface area contributed by atoms with Crippen LogP contribution in [0.4, 0.5) is 5.69 Å². The normalized spacial score (nSPS) is 15.8. The van der Waals surface area contributed by atoms with Crippen LogP contribution in [-0.2, 0) is 24.3 Å². The van der Waals surface area contributed by atoms with Gasteiger partial charge in [0.2, 0.25) is 0 Å². The van der Waals surface area contributed by atoms with Crippen LogP contribution < -0.4 is 9.62 Å². The molecule has 0 aliphatic carbocycles. The predicted octanol–water partition coefficient (Wildman–Crippen LogP) is 1.42. The van der Waals surface area contributed by atoms with Crippen molar-refractivity contribution in [3.63, 3.8) is 0 Å². The van der Waals surface area contributed by atoms with Crippen LogP contribution in [0, 0.1) is 0 Å². The van der Waals surface area contributed by atoms with Crippen molar-refractivity contribution in [2.45, 2.75) is 24.8 Å². The number of carbonyl (C=O) groups is 2. The molecule has 0 saturated carbocycles. The minimum atomic E-state index is -3.83. The van der Waals surface area contributed by atoms with Gasteiger partial charge in [0.15, 0.2) is 6.10 Å². The van der Waals surface area contributed by atoms with E-state index in [0.29, 0.717) is 17.6 Å². The fourth-order valence-electron chi connectivity index (χ4n) is 2.85. The molecule has 1 heterocycles. The standard InChI is InChI=1S/C17H18N2O5S/c1-3-18-17(21)11(2)24-15(20)10-19-13-8-4-6-12-7-5-9-14(16(12)13)25(19,22)23/h4-9,11H,3,10H2,1-2H3,(H,18,21)/t11-/m1/s1. The number of anilines is 1. The number of amides is 1. The van der Waals surface area contributed by atoms with E-state index >= 15 is 0 Å². The minimum absolute atomic E-state index is 0.171. The van der Waals surface area contributed by atoms with Crippen molar-refractivity contribution in [3.8, 4) is 0 Å². The molecule has 1 atom stereocenters. The number of ether oxygens (including phenoxy) is 1. The highest BCUT2D eigenvalue weighted by molar-refractivity contribution is 7.93. The van der Waals surface area contributed by atoms with Gasteiger partial charge in [-0.25, -0.2) is 8.42 Å². The molecule has 0 unspecified atom stereocenters. The summed E-state index contributed by atoms with van der Waals surface area (Å²) in [5.74, 6) is -1.21. The van der Waals surface area contributed by atoms with Gasteiger partial charge in [-0.2, -0.15) is 0 Å². The third kappa shape index (κ3) is 2.93. The molecule has 7 nitrogen and oxygen atoms in total. The van der Waals surface area contributed by atoms with Crippen LogP contribution in [0.1, 0.15) is 13.8 Å². The Labute approximate surface area is 145 Å². The van der Waals surface area contributed by atoms with Crippen LogP contribution in [0.5, 0.6) is 0 Å². The molecule has 2 aromatic carbocycles. The predicted molar refractivity (Wildman–Crippen MR) is 92.7 cm³/mol. The van der Waals surface area contributed by atoms with Gasteiger partial charge in [0.05, 0.1) is 10.6 Å². The van der Waals surface area contributed by atoms with E-state index in [1.54, 1.807) is 25.1 Å². The molecule has 25 heavy (non-hydrogen) atoms. The molecule has 8 heteroatoms. The maximum Gasteiger partial charge on any atom is 0.327 e. The topological polar surface area (TPSA) is 92.8 Å². The van der Waals surface area contributed by atoms with Gasteiger partial charge >= 0.3 is 5.97 Å². The number of likely N-dealkylation sites (N-methyl/N-ethyl adjacent to an activating group) is 1. The summed E-state index contributed by atoms with van der Waals surface area (Å²) in [6.45, 7) is 3.12. The number of nitrogens with zero attached hydrogens (tertiary/aromatic N) is 1. The van der Waals surface area contributed by atoms with E-state index in [2.05, 4.69) is 5.32 Å². The Hall–Kier alpha value is -2.61. The molecule has 0 bridgehead atoms. The fourth-order valence-corrected chi connectivity index (χ4v) is 4.51. The average molecular weight is 362 g/mol. The van der Waals surface area contributed by atoms with Gasteiger partial charge in [0, 0.05) is 11.9 Å². The molecule has 3 rings (SSSR count). The molecule has 1 aliphatic heterocycles. The van der Waals surface area contributed by atoms with E-state index < -0.39 is 34.5 Å². The highest BCUT2D eigenvalue weighted by Crippen LogP contribution is 2.41. The zero-order valence-corrected chi connectivity index (χ0v) is 14.7. The first-order chi connectivity index (χ1) is 11.9. The van der Waals surface area contributed by atoms with Crippen molar-refractivity contribution in [3.05, 3.63) is 36.4 Å². The molecule has 1 aliphatic rings. The smallest absolute Gasteiger partial charge is 0.327 e. The average Bonchev–Trinajstić information content (AvgIpc) is 2.78. The number of benzene rings is 2. The largest absolute Gasteiger partial charge is 0.451 e. The van der Waals surface area contributed by atoms with E-state index in [-0.39, 0.29) is 4.90 Å². The molecular formula is C17H18N2O5S. The third-order valence-electron chi connectivity index (χ3n) is 3.98. The summed E-state index contributed by atoms with van der Waals surface area (Å²) in [7, 11) is -3.83. The van der Waals surface area contributed by atoms with Crippen molar-refractivity contribution in [2.75, 3.05) is 17.4 Å². The Bertz CT molecular complexity index is 949. The molecule has 0 fully saturated rings. The number of carbonyl (C=O) groups excluding carboxylic acids is 2. The monoisotopic (exact) mass is 362 g/mol. The van der Waals surface area contributed by atoms with Crippen molar-refractivity contribution in [1.29, 1.82) is 0 Å². The van der Waals surface area contributed by atoms with Gasteiger partial charge in [-0.3, -0.25) is 13.9 Å². The Morgan fingerprint density at radius 2 is 1.88 bits per heavy atom. The molecule has 0 spiro atoms. The highest BCUT2D eigenvalue weighted by atomic mass is 32.2. The Kier molecular flexibility index (Phi) is 4.38. The summed E-state index contributed by atoms with van der Waals surface area (Å²) in [6.07, 6.45) is -0.990. The maximum absolute atomic E-state index is 12.8. The van der Waals surface area contributed by atoms with E-state index in [1.165, 1.54) is 13.0 Å². The van der Waals surface area contributed by atoms with Crippen LogP contribution in [0.25, 0.3) is 10.8 Å². The second kappa shape index (κ2) is 6.36. The lowest BCUT2D eigenvalue weighted by molar-refractivity contribution is -0.153. The summed E-state index contributed by atoms with van der Waals surface area (Å²) in [4.78, 5) is 24.0. The van der Waals surface area contributed by atoms with Crippen molar-refractivity contribution in [1.82, 2.24) is 5.32 Å². The Morgan fingerprint density at radius 3 is 2.56 bits per heavy atom. The molecule has 2 aromatic rings. The van der Waals surface area contributed by atoms with Gasteiger partial charge in [-0.15, -0.1) is 0 Å². The first kappa shape index (κ1) is 17.2. The van der Waals surface area contributed by atoms with E-state index in [9.17, 15) is 18.0 Å². The third-order valence-corrected chi connectivity index (χ3v) is 5.78. The van der Waals surface area contributed by atoms with Gasteiger partial charge in [0.1, 0.15) is 6.54 Å². The van der Waals surface area contributed by atoms with Crippen molar-refractivity contribution < 1.29 is 22.7 Å². The maximum atomic E-state index is 12.8. The van der Waals surface area contributed by atoms with Gasteiger partial charge < -0.3 is 10.1 Å². The number of esters is 1. The first-order valence-electron chi connectivity index (χ1n) is 7.88. The van der Waals surface area contributed by atoms with Gasteiger partial charge in [-0.1, -0.05) is 24.3 Å². The Balaban J connectivity index is 1.86. The lowest BCUT2D eigenvalue weighted by Gasteiger charge is -2.19. The number of sulfonamides is 1. The zero-order valence-electron chi connectivity index (χ0n) is 13.9. The molecule has 1 amide bonds. The van der Waals surface area contributed by atoms with Crippen molar-refractivity contribution in [2.24, 2.45) is 0 Å². The van der Waals surface area contributed by atoms with Crippen LogP contribution in [0.15, 0.2) is 41.3 Å². The first-order valence-corrected chi connectivity index (χ1v) is 9.32. The van der Waals surface area contributed by atoms with E-state index in [0.717, 1.165) is 9.69 Å². The Morgan fingerprint density at radius 1 is 1.20 bits per heavy atom. The lowest BCUT2D eigenvalue weighted by Crippen LogP contribution is -2.39. The minimum Gasteiger partial charge on any atom is -0.451 e. The van der Waals surface area contributed by atoms with Gasteiger partial charge in [0.25, 0.3) is 15.9 Å². The number of hydrogen-bond acceptors (Lipinski definition) is 5. The summed E-state index contributed by atoms with van der Waals surface area (Å²) in [5, 5.41) is 3.92. The number of hydrogen-bond donors (Lipinski definition) is 1. The fraction of sp³-hybridized carbons (Fsp3) is 0.294. The van der Waals surface area contributed by atoms with Crippen LogP contribution in [0.2, 0.25) is 0 Å². The number of nitrogens with one attached hydrogen (secondary N) is 1. The molecule has 1 N–H and O–H groups in total. The highest BCUT2D eigenvalue weighted by Gasteiger charge is 2.37. The second-order valence-electron chi connectivity index (χ2n) is 5.67. The summed E-state index contributed by atoms with van der Waals surface area (Å²) < 4.78 is 31.6. The molecule has 132 valence electrons. The van der Waals surface area contributed by atoms with Gasteiger partial charge in [-0.05, 0) is 31.4 Å². The lowest BCUT2D eigenvalue weighted by atomic mass is 10.1. The molecule has 0 saturated heterocycles.